The first kappa shape index (κ1) is 18.6. The summed E-state index contributed by atoms with van der Waals surface area (Å²) in [4.78, 5) is 14.0. The maximum Gasteiger partial charge on any atom is 0.222 e. The predicted octanol–water partition coefficient (Wildman–Crippen LogP) is 2.17. The fourth-order valence-electron chi connectivity index (χ4n) is 2.67. The van der Waals surface area contributed by atoms with Crippen molar-refractivity contribution in [3.8, 4) is 11.5 Å². The van der Waals surface area contributed by atoms with Crippen molar-refractivity contribution in [1.29, 1.82) is 0 Å². The maximum atomic E-state index is 12.3. The number of nitrogens with one attached hydrogen (secondary N) is 1. The first-order chi connectivity index (χ1) is 10.1. The Bertz CT molecular complexity index is 490. The minimum atomic E-state index is 0. The van der Waals surface area contributed by atoms with Crippen LogP contribution in [-0.2, 0) is 11.3 Å². The van der Waals surface area contributed by atoms with Crippen LogP contribution >= 0.6 is 12.4 Å². The number of aromatic hydroxyl groups is 1. The van der Waals surface area contributed by atoms with Gasteiger partial charge < -0.3 is 20.1 Å². The smallest absolute Gasteiger partial charge is 0.222 e. The number of nitrogens with zero attached hydrogens (tertiary/aromatic N) is 1. The molecule has 2 N–H and O–H groups in total. The number of benzene rings is 1. The van der Waals surface area contributed by atoms with Crippen molar-refractivity contribution in [2.45, 2.75) is 25.8 Å². The molecule has 1 fully saturated rings. The van der Waals surface area contributed by atoms with Gasteiger partial charge in [0.05, 0.1) is 7.11 Å². The number of phenols is 1. The first-order valence-corrected chi connectivity index (χ1v) is 7.40. The Labute approximate surface area is 138 Å². The van der Waals surface area contributed by atoms with Crippen LogP contribution in [0.15, 0.2) is 18.2 Å². The summed E-state index contributed by atoms with van der Waals surface area (Å²) in [6.45, 7) is 2.55. The zero-order valence-electron chi connectivity index (χ0n) is 13.2. The highest BCUT2D eigenvalue weighted by molar-refractivity contribution is 5.85. The summed E-state index contributed by atoms with van der Waals surface area (Å²) in [5, 5.41) is 12.9. The van der Waals surface area contributed by atoms with Gasteiger partial charge in [0, 0.05) is 20.0 Å². The van der Waals surface area contributed by atoms with E-state index in [1.807, 2.05) is 13.1 Å². The van der Waals surface area contributed by atoms with Gasteiger partial charge in [0.25, 0.3) is 0 Å². The lowest BCUT2D eigenvalue weighted by molar-refractivity contribution is -0.131. The number of hydrogen-bond donors (Lipinski definition) is 2. The fourth-order valence-corrected chi connectivity index (χ4v) is 2.67. The third-order valence-electron chi connectivity index (χ3n) is 4.01. The highest BCUT2D eigenvalue weighted by Gasteiger charge is 2.19. The molecule has 124 valence electrons. The summed E-state index contributed by atoms with van der Waals surface area (Å²) in [5.74, 6) is 1.22. The number of rotatable bonds is 5. The second-order valence-corrected chi connectivity index (χ2v) is 5.65. The topological polar surface area (TPSA) is 61.8 Å². The highest BCUT2D eigenvalue weighted by Crippen LogP contribution is 2.27. The van der Waals surface area contributed by atoms with Gasteiger partial charge in [-0.2, -0.15) is 0 Å². The molecular formula is C16H25ClN2O3. The van der Waals surface area contributed by atoms with E-state index in [0.29, 0.717) is 24.6 Å². The van der Waals surface area contributed by atoms with Gasteiger partial charge >= 0.3 is 0 Å². The fraction of sp³-hybridized carbons (Fsp3) is 0.562. The molecule has 0 radical (unpaired) electrons. The summed E-state index contributed by atoms with van der Waals surface area (Å²) >= 11 is 0. The molecule has 0 bridgehead atoms. The standard InChI is InChI=1S/C16H24N2O3.ClH/c1-18(16(20)10-12-5-7-17-8-6-12)11-13-3-4-14(19)15(9-13)21-2;/h3-4,9,12,17,19H,5-8,10-11H2,1-2H3;1H. The quantitative estimate of drug-likeness (QED) is 0.869. The number of hydrogen-bond acceptors (Lipinski definition) is 4. The summed E-state index contributed by atoms with van der Waals surface area (Å²) in [6, 6.07) is 5.18. The third-order valence-corrected chi connectivity index (χ3v) is 4.01. The van der Waals surface area contributed by atoms with Crippen molar-refractivity contribution in [2.24, 2.45) is 5.92 Å². The average Bonchev–Trinajstić information content (AvgIpc) is 2.50. The number of ether oxygens (including phenoxy) is 1. The van der Waals surface area contributed by atoms with Crippen LogP contribution in [0.5, 0.6) is 11.5 Å². The van der Waals surface area contributed by atoms with E-state index in [2.05, 4.69) is 5.32 Å². The van der Waals surface area contributed by atoms with Gasteiger partial charge in [-0.15, -0.1) is 12.4 Å². The molecule has 0 spiro atoms. The lowest BCUT2D eigenvalue weighted by Gasteiger charge is -2.25. The Morgan fingerprint density at radius 1 is 1.41 bits per heavy atom. The van der Waals surface area contributed by atoms with Gasteiger partial charge in [0.15, 0.2) is 11.5 Å². The van der Waals surface area contributed by atoms with Gasteiger partial charge in [0.1, 0.15) is 0 Å². The van der Waals surface area contributed by atoms with Crippen molar-refractivity contribution in [2.75, 3.05) is 27.2 Å². The number of halogens is 1. The Morgan fingerprint density at radius 2 is 2.09 bits per heavy atom. The van der Waals surface area contributed by atoms with Crippen molar-refractivity contribution >= 4 is 18.3 Å². The van der Waals surface area contributed by atoms with Gasteiger partial charge in [-0.25, -0.2) is 0 Å². The second-order valence-electron chi connectivity index (χ2n) is 5.65. The second kappa shape index (κ2) is 8.86. The zero-order chi connectivity index (χ0) is 15.2. The molecule has 0 unspecified atom stereocenters. The predicted molar refractivity (Wildman–Crippen MR) is 88.6 cm³/mol. The molecule has 1 saturated heterocycles. The highest BCUT2D eigenvalue weighted by atomic mass is 35.5. The van der Waals surface area contributed by atoms with Crippen LogP contribution in [0.2, 0.25) is 0 Å². The van der Waals surface area contributed by atoms with Crippen LogP contribution in [0.25, 0.3) is 0 Å². The minimum absolute atomic E-state index is 0. The van der Waals surface area contributed by atoms with Crippen LogP contribution in [0, 0.1) is 5.92 Å². The Balaban J connectivity index is 0.00000242. The average molecular weight is 329 g/mol. The van der Waals surface area contributed by atoms with Gasteiger partial charge in [0.2, 0.25) is 5.91 Å². The molecule has 1 aliphatic heterocycles. The van der Waals surface area contributed by atoms with Crippen molar-refractivity contribution in [1.82, 2.24) is 10.2 Å². The normalized spacial score (nSPS) is 15.0. The molecular weight excluding hydrogens is 304 g/mol. The third kappa shape index (κ3) is 5.07. The van der Waals surface area contributed by atoms with Crippen LogP contribution < -0.4 is 10.1 Å². The molecule has 2 rings (SSSR count). The lowest BCUT2D eigenvalue weighted by Crippen LogP contribution is -2.33. The number of piperidine rings is 1. The largest absolute Gasteiger partial charge is 0.504 e. The van der Waals surface area contributed by atoms with E-state index in [1.54, 1.807) is 17.0 Å². The summed E-state index contributed by atoms with van der Waals surface area (Å²) < 4.78 is 5.09. The molecule has 1 amide bonds. The maximum absolute atomic E-state index is 12.3. The number of amides is 1. The molecule has 1 heterocycles. The summed E-state index contributed by atoms with van der Waals surface area (Å²) in [5.41, 5.74) is 0.950. The molecule has 0 aliphatic carbocycles. The van der Waals surface area contributed by atoms with E-state index in [1.165, 1.54) is 7.11 Å². The van der Waals surface area contributed by atoms with E-state index >= 15 is 0 Å². The zero-order valence-corrected chi connectivity index (χ0v) is 14.0. The van der Waals surface area contributed by atoms with Gasteiger partial charge in [-0.05, 0) is 49.5 Å². The van der Waals surface area contributed by atoms with E-state index in [-0.39, 0.29) is 24.1 Å². The first-order valence-electron chi connectivity index (χ1n) is 7.40. The molecule has 0 atom stereocenters. The Morgan fingerprint density at radius 3 is 2.73 bits per heavy atom. The van der Waals surface area contributed by atoms with Gasteiger partial charge in [-0.3, -0.25) is 4.79 Å². The SMILES string of the molecule is COc1cc(CN(C)C(=O)CC2CCNCC2)ccc1O.Cl. The number of carbonyl (C=O) groups is 1. The number of methoxy groups -OCH3 is 1. The molecule has 1 aromatic carbocycles. The van der Waals surface area contributed by atoms with E-state index in [4.69, 9.17) is 4.74 Å². The number of carbonyl (C=O) groups excluding carboxylic acids is 1. The Hall–Kier alpha value is -1.46. The summed E-state index contributed by atoms with van der Waals surface area (Å²) in [6.07, 6.45) is 2.77. The van der Waals surface area contributed by atoms with E-state index in [0.717, 1.165) is 31.5 Å². The molecule has 0 aromatic heterocycles. The van der Waals surface area contributed by atoms with E-state index in [9.17, 15) is 9.90 Å². The molecule has 1 aromatic rings. The molecule has 1 aliphatic rings. The minimum Gasteiger partial charge on any atom is -0.504 e. The lowest BCUT2D eigenvalue weighted by atomic mass is 9.94. The van der Waals surface area contributed by atoms with Crippen LogP contribution in [-0.4, -0.2) is 43.2 Å². The molecule has 6 heteroatoms. The number of phenolic OH excluding ortho intramolecular Hbond substituents is 1. The Kier molecular flexibility index (Phi) is 7.48. The van der Waals surface area contributed by atoms with Crippen molar-refractivity contribution in [3.05, 3.63) is 23.8 Å². The molecule has 22 heavy (non-hydrogen) atoms. The molecule has 5 nitrogen and oxygen atoms in total. The van der Waals surface area contributed by atoms with E-state index < -0.39 is 0 Å². The van der Waals surface area contributed by atoms with Crippen LogP contribution in [0.4, 0.5) is 0 Å². The van der Waals surface area contributed by atoms with Gasteiger partial charge in [-0.1, -0.05) is 6.07 Å². The van der Waals surface area contributed by atoms with Crippen LogP contribution in [0.1, 0.15) is 24.8 Å². The summed E-state index contributed by atoms with van der Waals surface area (Å²) in [7, 11) is 3.34. The van der Waals surface area contributed by atoms with Crippen LogP contribution in [0.3, 0.4) is 0 Å². The van der Waals surface area contributed by atoms with Crippen molar-refractivity contribution in [3.63, 3.8) is 0 Å². The molecule has 0 saturated carbocycles. The monoisotopic (exact) mass is 328 g/mol. The van der Waals surface area contributed by atoms with Crippen molar-refractivity contribution < 1.29 is 14.6 Å².